The largest absolute Gasteiger partial charge is 0.352 e. The van der Waals surface area contributed by atoms with Crippen molar-refractivity contribution >= 4 is 0 Å². The first-order valence-corrected chi connectivity index (χ1v) is 5.11. The van der Waals surface area contributed by atoms with E-state index < -0.39 is 0 Å². The van der Waals surface area contributed by atoms with Gasteiger partial charge in [0.15, 0.2) is 6.29 Å². The molecule has 0 unspecified atom stereocenters. The molecule has 1 N–H and O–H groups in total. The molecule has 0 aromatic heterocycles. The molecule has 84 valence electrons. The van der Waals surface area contributed by atoms with Crippen LogP contribution >= 0.6 is 0 Å². The summed E-state index contributed by atoms with van der Waals surface area (Å²) in [5.74, 6) is 0. The van der Waals surface area contributed by atoms with E-state index in [1.165, 1.54) is 5.56 Å². The Labute approximate surface area is 91.4 Å². The summed E-state index contributed by atoms with van der Waals surface area (Å²) in [6.07, 6.45) is 0.754. The summed E-state index contributed by atoms with van der Waals surface area (Å²) >= 11 is 0. The number of hydrogen-bond donors (Lipinski definition) is 1. The van der Waals surface area contributed by atoms with Gasteiger partial charge < -0.3 is 14.8 Å². The normalized spacial score (nSPS) is 10.9. The molecule has 1 aromatic carbocycles. The van der Waals surface area contributed by atoms with E-state index >= 15 is 0 Å². The molecule has 0 saturated carbocycles. The van der Waals surface area contributed by atoms with Crippen LogP contribution in [0.2, 0.25) is 0 Å². The van der Waals surface area contributed by atoms with Crippen LogP contribution in [-0.4, -0.2) is 27.8 Å². The summed E-state index contributed by atoms with van der Waals surface area (Å²) in [5.41, 5.74) is 2.36. The molecule has 0 bridgehead atoms. The lowest BCUT2D eigenvalue weighted by Gasteiger charge is -2.14. The van der Waals surface area contributed by atoms with Crippen LogP contribution in [0.15, 0.2) is 24.3 Å². The van der Waals surface area contributed by atoms with Gasteiger partial charge in [0.05, 0.1) is 0 Å². The molecular weight excluding hydrogens is 190 g/mol. The zero-order valence-corrected chi connectivity index (χ0v) is 9.62. The van der Waals surface area contributed by atoms with Crippen LogP contribution in [0.5, 0.6) is 0 Å². The Morgan fingerprint density at radius 1 is 1.27 bits per heavy atom. The van der Waals surface area contributed by atoms with Crippen molar-refractivity contribution in [1.82, 2.24) is 5.32 Å². The van der Waals surface area contributed by atoms with Gasteiger partial charge in [-0.3, -0.25) is 0 Å². The van der Waals surface area contributed by atoms with Gasteiger partial charge in [-0.15, -0.1) is 0 Å². The van der Waals surface area contributed by atoms with Gasteiger partial charge in [-0.25, -0.2) is 0 Å². The van der Waals surface area contributed by atoms with Gasteiger partial charge in [0.25, 0.3) is 0 Å². The molecule has 0 atom stereocenters. The molecule has 0 aliphatic heterocycles. The fourth-order valence-corrected chi connectivity index (χ4v) is 1.53. The average molecular weight is 209 g/mol. The van der Waals surface area contributed by atoms with Gasteiger partial charge in [-0.05, 0) is 25.6 Å². The molecule has 1 rings (SSSR count). The van der Waals surface area contributed by atoms with Crippen molar-refractivity contribution in [3.63, 3.8) is 0 Å². The van der Waals surface area contributed by atoms with Crippen LogP contribution in [0.3, 0.4) is 0 Å². The Kier molecular flexibility index (Phi) is 5.32. The number of rotatable bonds is 6. The summed E-state index contributed by atoms with van der Waals surface area (Å²) in [4.78, 5) is 0. The fourth-order valence-electron chi connectivity index (χ4n) is 1.53. The molecule has 3 nitrogen and oxygen atoms in total. The monoisotopic (exact) mass is 209 g/mol. The third-order valence-corrected chi connectivity index (χ3v) is 2.32. The number of benzene rings is 1. The smallest absolute Gasteiger partial charge is 0.183 e. The van der Waals surface area contributed by atoms with E-state index in [0.29, 0.717) is 0 Å². The minimum Gasteiger partial charge on any atom is -0.352 e. The highest BCUT2D eigenvalue weighted by Gasteiger charge is 2.08. The fraction of sp³-hybridized carbons (Fsp3) is 0.500. The number of methoxy groups -OCH3 is 2. The molecule has 15 heavy (non-hydrogen) atoms. The van der Waals surface area contributed by atoms with Gasteiger partial charge in [0.1, 0.15) is 0 Å². The Morgan fingerprint density at radius 2 is 2.00 bits per heavy atom. The Balaban J connectivity index is 2.72. The molecule has 0 spiro atoms. The van der Waals surface area contributed by atoms with Crippen molar-refractivity contribution in [3.8, 4) is 0 Å². The topological polar surface area (TPSA) is 30.5 Å². The van der Waals surface area contributed by atoms with Crippen LogP contribution in [0.25, 0.3) is 0 Å². The Morgan fingerprint density at radius 3 is 2.60 bits per heavy atom. The van der Waals surface area contributed by atoms with Gasteiger partial charge in [-0.1, -0.05) is 24.3 Å². The third-order valence-electron chi connectivity index (χ3n) is 2.32. The maximum absolute atomic E-state index is 5.21. The van der Waals surface area contributed by atoms with Crippen LogP contribution in [0.4, 0.5) is 0 Å². The van der Waals surface area contributed by atoms with Crippen molar-refractivity contribution in [2.24, 2.45) is 0 Å². The van der Waals surface area contributed by atoms with E-state index in [1.54, 1.807) is 14.2 Å². The summed E-state index contributed by atoms with van der Waals surface area (Å²) in [6, 6.07) is 8.28. The molecule has 1 aromatic rings. The van der Waals surface area contributed by atoms with E-state index in [1.807, 2.05) is 19.2 Å². The van der Waals surface area contributed by atoms with Crippen molar-refractivity contribution in [1.29, 1.82) is 0 Å². The molecule has 0 aliphatic rings. The highest BCUT2D eigenvalue weighted by atomic mass is 16.7. The predicted molar refractivity (Wildman–Crippen MR) is 60.8 cm³/mol. The zero-order chi connectivity index (χ0) is 11.1. The highest BCUT2D eigenvalue weighted by molar-refractivity contribution is 5.24. The Bertz CT molecular complexity index is 285. The van der Waals surface area contributed by atoms with E-state index in [9.17, 15) is 0 Å². The molecule has 0 amide bonds. The van der Waals surface area contributed by atoms with Crippen LogP contribution in [0, 0.1) is 0 Å². The molecule has 3 heteroatoms. The van der Waals surface area contributed by atoms with Gasteiger partial charge in [-0.2, -0.15) is 0 Å². The van der Waals surface area contributed by atoms with Crippen LogP contribution < -0.4 is 5.32 Å². The van der Waals surface area contributed by atoms with Crippen molar-refractivity contribution in [2.75, 3.05) is 27.8 Å². The second kappa shape index (κ2) is 6.56. The first-order chi connectivity index (χ1) is 7.31. The Hall–Kier alpha value is -0.900. The minimum absolute atomic E-state index is 0.264. The molecular formula is C12H19NO2. The highest BCUT2D eigenvalue weighted by Crippen LogP contribution is 2.18. The van der Waals surface area contributed by atoms with Crippen molar-refractivity contribution < 1.29 is 9.47 Å². The van der Waals surface area contributed by atoms with Gasteiger partial charge in [0, 0.05) is 19.8 Å². The van der Waals surface area contributed by atoms with Crippen LogP contribution in [0.1, 0.15) is 17.4 Å². The maximum atomic E-state index is 5.21. The summed E-state index contributed by atoms with van der Waals surface area (Å²) in [6.45, 7) is 0.980. The molecule has 0 fully saturated rings. The summed E-state index contributed by atoms with van der Waals surface area (Å²) < 4.78 is 10.4. The summed E-state index contributed by atoms with van der Waals surface area (Å²) in [5, 5.41) is 3.13. The number of hydrogen-bond acceptors (Lipinski definition) is 3. The lowest BCUT2D eigenvalue weighted by Crippen LogP contribution is -2.11. The first kappa shape index (κ1) is 12.2. The van der Waals surface area contributed by atoms with Crippen molar-refractivity contribution in [2.45, 2.75) is 12.7 Å². The van der Waals surface area contributed by atoms with E-state index in [2.05, 4.69) is 17.4 Å². The van der Waals surface area contributed by atoms with E-state index in [0.717, 1.165) is 18.5 Å². The van der Waals surface area contributed by atoms with Gasteiger partial charge >= 0.3 is 0 Å². The maximum Gasteiger partial charge on any atom is 0.183 e. The van der Waals surface area contributed by atoms with E-state index in [-0.39, 0.29) is 6.29 Å². The van der Waals surface area contributed by atoms with Crippen LogP contribution in [-0.2, 0) is 15.9 Å². The zero-order valence-electron chi connectivity index (χ0n) is 9.62. The first-order valence-electron chi connectivity index (χ1n) is 5.11. The lowest BCUT2D eigenvalue weighted by atomic mass is 10.1. The predicted octanol–water partition coefficient (Wildman–Crippen LogP) is 1.74. The second-order valence-corrected chi connectivity index (χ2v) is 3.40. The van der Waals surface area contributed by atoms with Gasteiger partial charge in [0.2, 0.25) is 0 Å². The number of nitrogens with one attached hydrogen (secondary N) is 1. The third kappa shape index (κ3) is 3.63. The van der Waals surface area contributed by atoms with E-state index in [4.69, 9.17) is 9.47 Å². The summed E-state index contributed by atoms with van der Waals surface area (Å²) in [7, 11) is 5.25. The number of likely N-dealkylation sites (N-methyl/N-ethyl adjacent to an activating group) is 1. The molecule has 0 heterocycles. The van der Waals surface area contributed by atoms with Crippen molar-refractivity contribution in [3.05, 3.63) is 35.4 Å². The quantitative estimate of drug-likeness (QED) is 0.724. The second-order valence-electron chi connectivity index (χ2n) is 3.40. The molecule has 0 radical (unpaired) electrons. The number of ether oxygens (including phenoxy) is 2. The minimum atomic E-state index is -0.264. The standard InChI is InChI=1S/C12H19NO2/c1-13-8-7-10-5-4-6-11(9-10)12(14-2)15-3/h4-6,9,12-13H,7-8H2,1-3H3. The lowest BCUT2D eigenvalue weighted by molar-refractivity contribution is -0.106. The molecule has 0 aliphatic carbocycles. The average Bonchev–Trinajstić information content (AvgIpc) is 2.29. The molecule has 0 saturated heterocycles. The SMILES string of the molecule is CNCCc1cccc(C(OC)OC)c1.